The Balaban J connectivity index is 0.00000432. The fourth-order valence-electron chi connectivity index (χ4n) is 3.32. The number of benzene rings is 3. The molecule has 0 aliphatic carbocycles. The zero-order valence-corrected chi connectivity index (χ0v) is 21.2. The number of hydrogen-bond acceptors (Lipinski definition) is 6. The van der Waals surface area contributed by atoms with Gasteiger partial charge in [0.1, 0.15) is 5.75 Å². The van der Waals surface area contributed by atoms with Crippen LogP contribution in [-0.2, 0) is 21.1 Å². The van der Waals surface area contributed by atoms with Crippen LogP contribution in [0.25, 0.3) is 0 Å². The molecule has 0 radical (unpaired) electrons. The van der Waals surface area contributed by atoms with E-state index in [1.54, 1.807) is 42.5 Å². The number of aliphatic hydroxyl groups excluding tert-OH is 1. The number of halogens is 2. The van der Waals surface area contributed by atoms with Crippen molar-refractivity contribution in [2.45, 2.75) is 28.7 Å². The smallest absolute Gasteiger partial charge is 0.341 e. The highest BCUT2D eigenvalue weighted by atomic mass is 35.5. The largest absolute Gasteiger partial charge is 0.482 e. The van der Waals surface area contributed by atoms with Gasteiger partial charge in [-0.25, -0.2) is 13.2 Å². The van der Waals surface area contributed by atoms with Crippen LogP contribution in [0.2, 0.25) is 5.02 Å². The summed E-state index contributed by atoms with van der Waals surface area (Å²) < 4.78 is 30.7. The molecule has 0 fully saturated rings. The van der Waals surface area contributed by atoms with Crippen LogP contribution in [0.4, 0.5) is 0 Å². The molecule has 0 bridgehead atoms. The molecule has 3 aromatic carbocycles. The Kier molecular flexibility index (Phi) is 11.0. The predicted molar refractivity (Wildman–Crippen MR) is 136 cm³/mol. The van der Waals surface area contributed by atoms with Crippen LogP contribution in [0.15, 0.2) is 82.6 Å². The van der Waals surface area contributed by atoms with E-state index in [9.17, 15) is 18.3 Å². The maximum atomic E-state index is 12.8. The van der Waals surface area contributed by atoms with Crippen molar-refractivity contribution in [3.05, 3.63) is 88.9 Å². The van der Waals surface area contributed by atoms with Crippen molar-refractivity contribution in [2.75, 3.05) is 19.7 Å². The summed E-state index contributed by atoms with van der Waals surface area (Å²) in [5, 5.41) is 22.7. The second-order valence-electron chi connectivity index (χ2n) is 7.68. The molecule has 1 atom stereocenters. The predicted octanol–water partition coefficient (Wildman–Crippen LogP) is 4.31. The highest BCUT2D eigenvalue weighted by Gasteiger charge is 2.17. The second-order valence-corrected chi connectivity index (χ2v) is 10.1. The standard InChI is InChI=1S/C25H26ClNO6S.ClH/c26-20-5-1-4-19(15-20)24(28)16-27-14-2-3-18-6-10-22(11-7-18)34(31,32)23-12-8-21(9-13-23)33-17-25(29)30;/h1,4-13,15,24,27-28H,2-3,14,16-17H2,(H,29,30);1H/t24-;/m1./s1. The molecule has 0 saturated heterocycles. The Morgan fingerprint density at radius 2 is 1.63 bits per heavy atom. The molecule has 188 valence electrons. The van der Waals surface area contributed by atoms with Crippen LogP contribution in [0, 0.1) is 0 Å². The van der Waals surface area contributed by atoms with E-state index < -0.39 is 28.5 Å². The van der Waals surface area contributed by atoms with E-state index in [1.807, 2.05) is 6.07 Å². The Morgan fingerprint density at radius 3 is 2.23 bits per heavy atom. The van der Waals surface area contributed by atoms with Crippen LogP contribution < -0.4 is 10.1 Å². The molecule has 0 unspecified atom stereocenters. The first-order chi connectivity index (χ1) is 16.3. The molecule has 3 aromatic rings. The number of aryl methyl sites for hydroxylation is 1. The third-order valence-corrected chi connectivity index (χ3v) is 7.14. The summed E-state index contributed by atoms with van der Waals surface area (Å²) in [6.07, 6.45) is 0.948. The average molecular weight is 540 g/mol. The number of sulfone groups is 1. The van der Waals surface area contributed by atoms with Gasteiger partial charge in [-0.2, -0.15) is 0 Å². The first-order valence-corrected chi connectivity index (χ1v) is 12.5. The van der Waals surface area contributed by atoms with Crippen LogP contribution in [-0.4, -0.2) is 44.3 Å². The number of aliphatic carboxylic acids is 1. The lowest BCUT2D eigenvalue weighted by Gasteiger charge is -2.12. The Hall–Kier alpha value is -2.62. The molecule has 7 nitrogen and oxygen atoms in total. The summed E-state index contributed by atoms with van der Waals surface area (Å²) in [5.74, 6) is -0.826. The number of carboxylic acids is 1. The van der Waals surface area contributed by atoms with Crippen LogP contribution in [0.5, 0.6) is 5.75 Å². The maximum absolute atomic E-state index is 12.8. The lowest BCUT2D eigenvalue weighted by molar-refractivity contribution is -0.139. The highest BCUT2D eigenvalue weighted by molar-refractivity contribution is 7.91. The van der Waals surface area contributed by atoms with Crippen molar-refractivity contribution in [3.8, 4) is 5.75 Å². The topological polar surface area (TPSA) is 113 Å². The van der Waals surface area contributed by atoms with Crippen molar-refractivity contribution in [1.29, 1.82) is 0 Å². The molecule has 0 aromatic heterocycles. The molecule has 35 heavy (non-hydrogen) atoms. The van der Waals surface area contributed by atoms with Crippen LogP contribution in [0.1, 0.15) is 23.7 Å². The lowest BCUT2D eigenvalue weighted by atomic mass is 10.1. The molecule has 0 spiro atoms. The van der Waals surface area contributed by atoms with Gasteiger partial charge in [-0.3, -0.25) is 0 Å². The van der Waals surface area contributed by atoms with E-state index in [-0.39, 0.29) is 27.9 Å². The number of carboxylic acid groups (broad SMARTS) is 1. The van der Waals surface area contributed by atoms with Crippen molar-refractivity contribution in [2.24, 2.45) is 0 Å². The van der Waals surface area contributed by atoms with Gasteiger partial charge in [0.15, 0.2) is 6.61 Å². The SMILES string of the molecule is Cl.O=C(O)COc1ccc(S(=O)(=O)c2ccc(CCCNC[C@@H](O)c3cccc(Cl)c3)cc2)cc1. The molecule has 0 heterocycles. The summed E-state index contributed by atoms with van der Waals surface area (Å²) in [6, 6.07) is 19.5. The van der Waals surface area contributed by atoms with E-state index in [4.69, 9.17) is 21.4 Å². The number of rotatable bonds is 12. The van der Waals surface area contributed by atoms with E-state index in [0.717, 1.165) is 24.0 Å². The number of carbonyl (C=O) groups is 1. The summed E-state index contributed by atoms with van der Waals surface area (Å²) in [7, 11) is -3.69. The monoisotopic (exact) mass is 539 g/mol. The molecule has 0 aliphatic rings. The number of nitrogens with one attached hydrogen (secondary N) is 1. The minimum absolute atomic E-state index is 0. The molecular weight excluding hydrogens is 513 g/mol. The van der Waals surface area contributed by atoms with E-state index in [2.05, 4.69) is 5.32 Å². The average Bonchev–Trinajstić information content (AvgIpc) is 2.83. The lowest BCUT2D eigenvalue weighted by Crippen LogP contribution is -2.22. The first kappa shape index (κ1) is 28.6. The molecular formula is C25H27Cl2NO6S. The normalized spacial score (nSPS) is 11.9. The molecule has 3 N–H and O–H groups in total. The van der Waals surface area contributed by atoms with Gasteiger partial charge in [0.2, 0.25) is 9.84 Å². The number of hydrogen-bond donors (Lipinski definition) is 3. The minimum atomic E-state index is -3.69. The van der Waals surface area contributed by atoms with E-state index >= 15 is 0 Å². The maximum Gasteiger partial charge on any atom is 0.341 e. The number of ether oxygens (including phenoxy) is 1. The van der Waals surface area contributed by atoms with Gasteiger partial charge < -0.3 is 20.3 Å². The molecule has 0 saturated carbocycles. The van der Waals surface area contributed by atoms with Crippen molar-refractivity contribution < 1.29 is 28.2 Å². The van der Waals surface area contributed by atoms with E-state index in [0.29, 0.717) is 18.1 Å². The van der Waals surface area contributed by atoms with E-state index in [1.165, 1.54) is 24.3 Å². The zero-order chi connectivity index (χ0) is 24.6. The highest BCUT2D eigenvalue weighted by Crippen LogP contribution is 2.24. The molecule has 0 aliphatic heterocycles. The van der Waals surface area contributed by atoms with Gasteiger partial charge in [-0.15, -0.1) is 12.4 Å². The summed E-state index contributed by atoms with van der Waals surface area (Å²) in [6.45, 7) is 0.622. The molecule has 0 amide bonds. The summed E-state index contributed by atoms with van der Waals surface area (Å²) >= 11 is 5.95. The van der Waals surface area contributed by atoms with Crippen molar-refractivity contribution in [3.63, 3.8) is 0 Å². The summed E-state index contributed by atoms with van der Waals surface area (Å²) in [5.41, 5.74) is 1.77. The molecule has 10 heteroatoms. The minimum Gasteiger partial charge on any atom is -0.482 e. The third-order valence-electron chi connectivity index (χ3n) is 5.12. The van der Waals surface area contributed by atoms with Gasteiger partial charge in [0, 0.05) is 11.6 Å². The van der Waals surface area contributed by atoms with Gasteiger partial charge in [0.25, 0.3) is 0 Å². The fraction of sp³-hybridized carbons (Fsp3) is 0.240. The quantitative estimate of drug-likeness (QED) is 0.294. The van der Waals surface area contributed by atoms with Gasteiger partial charge >= 0.3 is 5.97 Å². The van der Waals surface area contributed by atoms with Crippen LogP contribution >= 0.6 is 24.0 Å². The van der Waals surface area contributed by atoms with Crippen molar-refractivity contribution >= 4 is 39.8 Å². The Bertz CT molecular complexity index is 1200. The van der Waals surface area contributed by atoms with Gasteiger partial charge in [-0.1, -0.05) is 35.9 Å². The fourth-order valence-corrected chi connectivity index (χ4v) is 4.78. The van der Waals surface area contributed by atoms with Gasteiger partial charge in [0.05, 0.1) is 15.9 Å². The van der Waals surface area contributed by atoms with Crippen LogP contribution in [0.3, 0.4) is 0 Å². The first-order valence-electron chi connectivity index (χ1n) is 10.7. The Labute approximate surface area is 216 Å². The third kappa shape index (κ3) is 8.52. The Morgan fingerprint density at radius 1 is 1.00 bits per heavy atom. The molecule has 3 rings (SSSR count). The number of aliphatic hydroxyl groups is 1. The van der Waals surface area contributed by atoms with Gasteiger partial charge in [-0.05, 0) is 79.0 Å². The van der Waals surface area contributed by atoms with Crippen molar-refractivity contribution in [1.82, 2.24) is 5.32 Å². The second kappa shape index (κ2) is 13.5. The summed E-state index contributed by atoms with van der Waals surface area (Å²) in [4.78, 5) is 10.8. The zero-order valence-electron chi connectivity index (χ0n) is 18.8.